The van der Waals surface area contributed by atoms with Crippen LogP contribution in [0.3, 0.4) is 0 Å². The Bertz CT molecular complexity index is 1340. The third-order valence-electron chi connectivity index (χ3n) is 4.65. The van der Waals surface area contributed by atoms with Gasteiger partial charge in [0, 0.05) is 59.9 Å². The summed E-state index contributed by atoms with van der Waals surface area (Å²) < 4.78 is 28.1. The van der Waals surface area contributed by atoms with Crippen LogP contribution in [0.2, 0.25) is 0 Å². The van der Waals surface area contributed by atoms with Crippen LogP contribution in [0.5, 0.6) is 0 Å². The molecule has 3 aromatic heterocycles. The van der Waals surface area contributed by atoms with Crippen molar-refractivity contribution in [3.63, 3.8) is 0 Å². The lowest BCUT2D eigenvalue weighted by molar-refractivity contribution is -0.111. The summed E-state index contributed by atoms with van der Waals surface area (Å²) in [6, 6.07) is 8.29. The minimum Gasteiger partial charge on any atom is -0.339 e. The fraction of sp³-hybridized carbons (Fsp3) is 0.0870. The molecule has 1 amide bonds. The number of pyridine rings is 1. The van der Waals surface area contributed by atoms with Crippen molar-refractivity contribution in [3.05, 3.63) is 79.5 Å². The van der Waals surface area contributed by atoms with Gasteiger partial charge in [0.25, 0.3) is 6.43 Å². The predicted molar refractivity (Wildman–Crippen MR) is 125 cm³/mol. The Balaban J connectivity index is 1.72. The van der Waals surface area contributed by atoms with Crippen LogP contribution in [0.25, 0.3) is 11.1 Å². The van der Waals surface area contributed by atoms with Crippen molar-refractivity contribution in [1.82, 2.24) is 24.7 Å². The van der Waals surface area contributed by atoms with Gasteiger partial charge in [-0.05, 0) is 30.3 Å². The Hall–Kier alpha value is -4.67. The predicted octanol–water partition coefficient (Wildman–Crippen LogP) is 4.82. The molecule has 11 heteroatoms. The molecule has 0 spiro atoms. The highest BCUT2D eigenvalue weighted by molar-refractivity contribution is 5.99. The number of aryl methyl sites for hydroxylation is 1. The molecule has 0 saturated carbocycles. The van der Waals surface area contributed by atoms with Crippen molar-refractivity contribution < 1.29 is 13.6 Å². The largest absolute Gasteiger partial charge is 0.339 e. The number of alkyl halides is 2. The fourth-order valence-corrected chi connectivity index (χ4v) is 3.09. The third kappa shape index (κ3) is 5.38. The van der Waals surface area contributed by atoms with Crippen LogP contribution in [0.4, 0.5) is 37.6 Å². The molecule has 3 N–H and O–H groups in total. The topological polar surface area (TPSA) is 110 Å². The number of hydrogen-bond donors (Lipinski definition) is 3. The monoisotopic (exact) mass is 462 g/mol. The van der Waals surface area contributed by atoms with Crippen molar-refractivity contribution in [3.8, 4) is 11.1 Å². The second-order valence-electron chi connectivity index (χ2n) is 7.19. The summed E-state index contributed by atoms with van der Waals surface area (Å²) in [5.41, 5.74) is 2.50. The molecule has 0 aliphatic heterocycles. The van der Waals surface area contributed by atoms with Crippen LogP contribution in [-0.2, 0) is 11.8 Å². The number of hydrogen-bond acceptors (Lipinski definition) is 7. The molecule has 0 unspecified atom stereocenters. The number of carbonyl (C=O) groups excluding carboxylic acids is 1. The van der Waals surface area contributed by atoms with E-state index in [0.29, 0.717) is 34.0 Å². The Morgan fingerprint density at radius 1 is 1.09 bits per heavy atom. The highest BCUT2D eigenvalue weighted by atomic mass is 19.3. The third-order valence-corrected chi connectivity index (χ3v) is 4.65. The number of benzene rings is 1. The SMILES string of the molecule is C=CC(=O)Nc1cccc(Nc2nc(Nc3cnn(C)c3)ncc2-c2cncc(C(F)F)c2)c1. The van der Waals surface area contributed by atoms with Crippen LogP contribution in [-0.4, -0.2) is 30.6 Å². The first-order chi connectivity index (χ1) is 16.4. The molecule has 0 aliphatic rings. The van der Waals surface area contributed by atoms with Gasteiger partial charge in [-0.3, -0.25) is 14.5 Å². The van der Waals surface area contributed by atoms with E-state index in [9.17, 15) is 13.6 Å². The molecule has 0 fully saturated rings. The molecule has 9 nitrogen and oxygen atoms in total. The summed E-state index contributed by atoms with van der Waals surface area (Å²) in [6.07, 6.45) is 5.97. The number of amides is 1. The average Bonchev–Trinajstić information content (AvgIpc) is 3.24. The summed E-state index contributed by atoms with van der Waals surface area (Å²) in [7, 11) is 1.78. The molecule has 0 radical (unpaired) electrons. The second-order valence-corrected chi connectivity index (χ2v) is 7.19. The molecule has 4 aromatic rings. The van der Waals surface area contributed by atoms with E-state index >= 15 is 0 Å². The molecule has 0 atom stereocenters. The zero-order valence-corrected chi connectivity index (χ0v) is 18.0. The minimum absolute atomic E-state index is 0.213. The van der Waals surface area contributed by atoms with E-state index in [0.717, 1.165) is 6.20 Å². The molecule has 3 heterocycles. The van der Waals surface area contributed by atoms with Crippen molar-refractivity contribution >= 4 is 34.7 Å². The number of rotatable bonds is 8. The average molecular weight is 462 g/mol. The molecule has 1 aromatic carbocycles. The lowest BCUT2D eigenvalue weighted by Crippen LogP contribution is -2.07. The molecule has 0 saturated heterocycles. The van der Waals surface area contributed by atoms with Crippen molar-refractivity contribution in [2.75, 3.05) is 16.0 Å². The summed E-state index contributed by atoms with van der Waals surface area (Å²) in [4.78, 5) is 24.4. The van der Waals surface area contributed by atoms with Crippen LogP contribution >= 0.6 is 0 Å². The first-order valence-corrected chi connectivity index (χ1v) is 10.1. The van der Waals surface area contributed by atoms with Crippen LogP contribution in [0.1, 0.15) is 12.0 Å². The van der Waals surface area contributed by atoms with E-state index in [1.54, 1.807) is 48.4 Å². The van der Waals surface area contributed by atoms with Gasteiger partial charge in [-0.25, -0.2) is 13.8 Å². The van der Waals surface area contributed by atoms with Gasteiger partial charge < -0.3 is 16.0 Å². The van der Waals surface area contributed by atoms with Gasteiger partial charge in [-0.2, -0.15) is 10.1 Å². The summed E-state index contributed by atoms with van der Waals surface area (Å²) in [6.45, 7) is 3.44. The van der Waals surface area contributed by atoms with E-state index in [-0.39, 0.29) is 17.4 Å². The Morgan fingerprint density at radius 3 is 2.65 bits per heavy atom. The Morgan fingerprint density at radius 2 is 1.91 bits per heavy atom. The zero-order valence-electron chi connectivity index (χ0n) is 18.0. The molecular weight excluding hydrogens is 442 g/mol. The smallest absolute Gasteiger partial charge is 0.265 e. The molecular formula is C23H20F2N8O. The summed E-state index contributed by atoms with van der Waals surface area (Å²) in [5.74, 6) is 0.271. The van der Waals surface area contributed by atoms with Gasteiger partial charge in [-0.15, -0.1) is 0 Å². The van der Waals surface area contributed by atoms with Gasteiger partial charge in [0.05, 0.1) is 11.9 Å². The maximum atomic E-state index is 13.3. The normalized spacial score (nSPS) is 10.7. The number of aromatic nitrogens is 5. The van der Waals surface area contributed by atoms with E-state index in [1.165, 1.54) is 24.5 Å². The van der Waals surface area contributed by atoms with Gasteiger partial charge in [0.1, 0.15) is 5.82 Å². The highest BCUT2D eigenvalue weighted by Crippen LogP contribution is 2.32. The van der Waals surface area contributed by atoms with Gasteiger partial charge in [0.2, 0.25) is 11.9 Å². The highest BCUT2D eigenvalue weighted by Gasteiger charge is 2.15. The first kappa shape index (κ1) is 22.5. The number of carbonyl (C=O) groups is 1. The Kier molecular flexibility index (Phi) is 6.53. The van der Waals surface area contributed by atoms with E-state index in [4.69, 9.17) is 0 Å². The van der Waals surface area contributed by atoms with Gasteiger partial charge >= 0.3 is 0 Å². The fourth-order valence-electron chi connectivity index (χ4n) is 3.09. The number of halogens is 2. The second kappa shape index (κ2) is 9.86. The number of anilines is 5. The lowest BCUT2D eigenvalue weighted by atomic mass is 10.1. The first-order valence-electron chi connectivity index (χ1n) is 10.1. The van der Waals surface area contributed by atoms with Crippen molar-refractivity contribution in [1.29, 1.82) is 0 Å². The van der Waals surface area contributed by atoms with Crippen molar-refractivity contribution in [2.24, 2.45) is 7.05 Å². The van der Waals surface area contributed by atoms with E-state index in [1.807, 2.05) is 0 Å². The minimum atomic E-state index is -2.67. The van der Waals surface area contributed by atoms with Crippen LogP contribution < -0.4 is 16.0 Å². The van der Waals surface area contributed by atoms with Gasteiger partial charge in [0.15, 0.2) is 0 Å². The maximum absolute atomic E-state index is 13.3. The quantitative estimate of drug-likeness (QED) is 0.322. The lowest BCUT2D eigenvalue weighted by Gasteiger charge is -2.14. The van der Waals surface area contributed by atoms with Crippen LogP contribution in [0.15, 0.2) is 74.0 Å². The standard InChI is InChI=1S/C23H20F2N8O/c1-3-20(34)29-16-5-4-6-17(8-16)30-22-19(14-7-15(21(24)25)10-26-9-14)12-27-23(32-22)31-18-11-28-33(2)13-18/h3-13,21H,1H2,2H3,(H,29,34)(H2,27,30,31,32). The molecule has 0 bridgehead atoms. The summed E-state index contributed by atoms with van der Waals surface area (Å²) in [5, 5.41) is 13.0. The van der Waals surface area contributed by atoms with E-state index in [2.05, 4.69) is 42.6 Å². The van der Waals surface area contributed by atoms with E-state index < -0.39 is 6.43 Å². The Labute approximate surface area is 193 Å². The molecule has 4 rings (SSSR count). The zero-order chi connectivity index (χ0) is 24.1. The molecule has 34 heavy (non-hydrogen) atoms. The molecule has 172 valence electrons. The summed E-state index contributed by atoms with van der Waals surface area (Å²) >= 11 is 0. The van der Waals surface area contributed by atoms with Crippen molar-refractivity contribution in [2.45, 2.75) is 6.43 Å². The number of nitrogens with zero attached hydrogens (tertiary/aromatic N) is 5. The maximum Gasteiger partial charge on any atom is 0.265 e. The molecule has 0 aliphatic carbocycles. The van der Waals surface area contributed by atoms with Gasteiger partial charge in [-0.1, -0.05) is 12.6 Å². The number of nitrogens with one attached hydrogen (secondary N) is 3. The van der Waals surface area contributed by atoms with Crippen LogP contribution in [0, 0.1) is 0 Å².